The van der Waals surface area contributed by atoms with Gasteiger partial charge in [-0.2, -0.15) is 12.6 Å². The summed E-state index contributed by atoms with van der Waals surface area (Å²) in [6.07, 6.45) is -8.96. The number of thiol groups is 1. The molecule has 42 heavy (non-hydrogen) atoms. The smallest absolute Gasteiger partial charge is 0.217 e. The van der Waals surface area contributed by atoms with Crippen LogP contribution in [0, 0.1) is 0 Å². The Bertz CT molecular complexity index is 945. The van der Waals surface area contributed by atoms with Crippen LogP contribution in [0.3, 0.4) is 0 Å². The van der Waals surface area contributed by atoms with Gasteiger partial charge in [0.2, 0.25) is 5.91 Å². The predicted molar refractivity (Wildman–Crippen MR) is 149 cm³/mol. The maximum absolute atomic E-state index is 12.3. The summed E-state index contributed by atoms with van der Waals surface area (Å²) in [7, 11) is 0. The fourth-order valence-corrected chi connectivity index (χ4v) is 5.42. The molecule has 1 amide bonds. The second kappa shape index (κ2) is 16.6. The third-order valence-electron chi connectivity index (χ3n) is 7.38. The Kier molecular flexibility index (Phi) is 13.2. The van der Waals surface area contributed by atoms with Gasteiger partial charge in [-0.05, 0) is 18.6 Å². The van der Waals surface area contributed by atoms with Gasteiger partial charge in [-0.1, -0.05) is 36.8 Å². The molecule has 3 saturated heterocycles. The minimum Gasteiger partial charge on any atom is -0.394 e. The molecule has 14 heteroatoms. The van der Waals surface area contributed by atoms with Crippen LogP contribution in [-0.2, 0) is 38.0 Å². The first kappa shape index (κ1) is 33.5. The highest BCUT2D eigenvalue weighted by Gasteiger charge is 2.54. The van der Waals surface area contributed by atoms with Crippen LogP contribution in [0.1, 0.15) is 38.0 Å². The molecule has 0 bridgehead atoms. The molecule has 3 aliphatic heterocycles. The third-order valence-corrected chi connectivity index (χ3v) is 7.69. The van der Waals surface area contributed by atoms with Gasteiger partial charge in [-0.15, -0.1) is 0 Å². The topological polar surface area (TPSA) is 175 Å². The molecule has 11 atom stereocenters. The van der Waals surface area contributed by atoms with Crippen molar-refractivity contribution in [1.82, 2.24) is 5.32 Å². The number of carbonyl (C=O) groups is 1. The average Bonchev–Trinajstić information content (AvgIpc) is 3.00. The van der Waals surface area contributed by atoms with E-state index in [1.807, 2.05) is 30.3 Å². The molecular formula is C28H43NO12S. The van der Waals surface area contributed by atoms with E-state index in [2.05, 4.69) is 17.9 Å². The monoisotopic (exact) mass is 617 g/mol. The molecule has 0 radical (unpaired) electrons. The van der Waals surface area contributed by atoms with E-state index in [9.17, 15) is 25.2 Å². The Hall–Kier alpha value is -1.40. The first-order valence-corrected chi connectivity index (χ1v) is 15.0. The number of amides is 1. The van der Waals surface area contributed by atoms with Crippen LogP contribution in [0.25, 0.3) is 0 Å². The first-order chi connectivity index (χ1) is 20.3. The third kappa shape index (κ3) is 8.61. The maximum Gasteiger partial charge on any atom is 0.217 e. The van der Waals surface area contributed by atoms with Gasteiger partial charge in [0.15, 0.2) is 18.9 Å². The number of carbonyl (C=O) groups excluding carboxylic acids is 1. The largest absolute Gasteiger partial charge is 0.394 e. The lowest BCUT2D eigenvalue weighted by Gasteiger charge is -2.51. The van der Waals surface area contributed by atoms with E-state index in [0.717, 1.165) is 30.6 Å². The van der Waals surface area contributed by atoms with Crippen molar-refractivity contribution < 1.29 is 58.4 Å². The van der Waals surface area contributed by atoms with Gasteiger partial charge in [0.1, 0.15) is 48.8 Å². The number of hydrogen-bond acceptors (Lipinski definition) is 13. The molecule has 13 nitrogen and oxygen atoms in total. The normalized spacial score (nSPS) is 36.8. The fraction of sp³-hybridized carbons (Fsp3) is 0.750. The Morgan fingerprint density at radius 3 is 2.48 bits per heavy atom. The summed E-state index contributed by atoms with van der Waals surface area (Å²) >= 11 is 4.21. The van der Waals surface area contributed by atoms with Gasteiger partial charge in [-0.25, -0.2) is 0 Å². The number of fused-ring (bicyclic) bond motifs is 1. The second-order valence-corrected chi connectivity index (χ2v) is 11.0. The van der Waals surface area contributed by atoms with Crippen molar-refractivity contribution in [3.63, 3.8) is 0 Å². The van der Waals surface area contributed by atoms with Crippen LogP contribution >= 0.6 is 12.6 Å². The summed E-state index contributed by atoms with van der Waals surface area (Å²) in [5, 5.41) is 43.8. The van der Waals surface area contributed by atoms with Crippen molar-refractivity contribution in [2.24, 2.45) is 0 Å². The number of aliphatic hydroxyl groups is 4. The molecule has 3 aliphatic rings. The molecule has 5 unspecified atom stereocenters. The highest BCUT2D eigenvalue weighted by atomic mass is 32.1. The Balaban J connectivity index is 1.52. The molecule has 0 spiro atoms. The number of hydrogen-bond donors (Lipinski definition) is 6. The first-order valence-electron chi connectivity index (χ1n) is 14.3. The molecule has 3 heterocycles. The minimum atomic E-state index is -1.66. The lowest BCUT2D eigenvalue weighted by molar-refractivity contribution is -0.378. The van der Waals surface area contributed by atoms with E-state index in [0.29, 0.717) is 13.2 Å². The van der Waals surface area contributed by atoms with Gasteiger partial charge >= 0.3 is 0 Å². The SMILES string of the molecule is CC(=O)NC1[C@@H](OCCOCCCCCS)OC2COC(c3ccccc3)O[C@@H]2[C@@H]1O[C@@H]1OC(CO)[C@H](O)[C@H](O)C1O. The zero-order chi connectivity index (χ0) is 30.1. The number of aliphatic hydroxyl groups excluding tert-OH is 4. The molecule has 1 aromatic rings. The molecular weight excluding hydrogens is 574 g/mol. The van der Waals surface area contributed by atoms with Crippen molar-refractivity contribution in [2.45, 2.75) is 93.8 Å². The number of rotatable bonds is 14. The highest BCUT2D eigenvalue weighted by molar-refractivity contribution is 7.80. The van der Waals surface area contributed by atoms with Crippen molar-refractivity contribution >= 4 is 18.5 Å². The quantitative estimate of drug-likeness (QED) is 0.118. The Morgan fingerprint density at radius 2 is 1.76 bits per heavy atom. The molecule has 0 aliphatic carbocycles. The summed E-state index contributed by atoms with van der Waals surface area (Å²) in [5.74, 6) is 0.436. The van der Waals surface area contributed by atoms with Gasteiger partial charge in [0, 0.05) is 19.1 Å². The van der Waals surface area contributed by atoms with Crippen molar-refractivity contribution in [3.8, 4) is 0 Å². The predicted octanol–water partition coefficient (Wildman–Crippen LogP) is -0.351. The molecule has 1 aromatic carbocycles. The number of unbranched alkanes of at least 4 members (excludes halogenated alkanes) is 2. The second-order valence-electron chi connectivity index (χ2n) is 10.5. The standard InChI is InChI=1S/C28H43NO12S/c1-16(31)29-20-25(41-28-23(34)22(33)21(32)18(14-30)38-28)24-19(15-37-26(40-24)17-8-4-2-5-9-17)39-27(20)36-12-11-35-10-6-3-7-13-42/h2,4-5,8-9,18-28,30,32-34,42H,3,6-7,10-15H2,1H3,(H,29,31)/t18?,19?,20?,21-,22-,23?,24-,25+,26?,27-,28-/m0/s1. The lowest BCUT2D eigenvalue weighted by Crippen LogP contribution is -2.69. The van der Waals surface area contributed by atoms with E-state index < -0.39 is 80.2 Å². The van der Waals surface area contributed by atoms with Crippen molar-refractivity contribution in [1.29, 1.82) is 0 Å². The Morgan fingerprint density at radius 1 is 0.976 bits per heavy atom. The number of benzene rings is 1. The van der Waals surface area contributed by atoms with Crippen LogP contribution in [0.4, 0.5) is 0 Å². The average molecular weight is 618 g/mol. The number of nitrogens with one attached hydrogen (secondary N) is 1. The van der Waals surface area contributed by atoms with Gasteiger partial charge in [-0.3, -0.25) is 4.79 Å². The summed E-state index contributed by atoms with van der Waals surface area (Å²) in [5.41, 5.74) is 0.753. The summed E-state index contributed by atoms with van der Waals surface area (Å²) in [6, 6.07) is 8.31. The summed E-state index contributed by atoms with van der Waals surface area (Å²) in [4.78, 5) is 12.3. The van der Waals surface area contributed by atoms with E-state index in [1.165, 1.54) is 6.92 Å². The van der Waals surface area contributed by atoms with E-state index in [-0.39, 0.29) is 13.2 Å². The van der Waals surface area contributed by atoms with Crippen LogP contribution in [0.15, 0.2) is 30.3 Å². The van der Waals surface area contributed by atoms with Gasteiger partial charge < -0.3 is 58.9 Å². The molecule has 3 fully saturated rings. The van der Waals surface area contributed by atoms with Crippen molar-refractivity contribution in [2.75, 3.05) is 38.8 Å². The van der Waals surface area contributed by atoms with Gasteiger partial charge in [0.05, 0.1) is 26.4 Å². The Labute approximate surface area is 250 Å². The van der Waals surface area contributed by atoms with Crippen molar-refractivity contribution in [3.05, 3.63) is 35.9 Å². The van der Waals surface area contributed by atoms with E-state index >= 15 is 0 Å². The molecule has 238 valence electrons. The molecule has 0 aromatic heterocycles. The molecule has 5 N–H and O–H groups in total. The maximum atomic E-state index is 12.3. The van der Waals surface area contributed by atoms with Crippen LogP contribution < -0.4 is 5.32 Å². The fourth-order valence-electron chi connectivity index (χ4n) is 5.20. The highest BCUT2D eigenvalue weighted by Crippen LogP contribution is 2.37. The van der Waals surface area contributed by atoms with E-state index in [1.54, 1.807) is 0 Å². The minimum absolute atomic E-state index is 0.104. The van der Waals surface area contributed by atoms with E-state index in [4.69, 9.17) is 33.2 Å². The zero-order valence-corrected chi connectivity index (χ0v) is 24.5. The number of ether oxygens (including phenoxy) is 7. The van der Waals surface area contributed by atoms with Crippen LogP contribution in [0.5, 0.6) is 0 Å². The lowest BCUT2D eigenvalue weighted by atomic mass is 9.94. The summed E-state index contributed by atoms with van der Waals surface area (Å²) in [6.45, 7) is 1.84. The van der Waals surface area contributed by atoms with Crippen LogP contribution in [-0.4, -0.2) is 126 Å². The molecule has 0 saturated carbocycles. The van der Waals surface area contributed by atoms with Gasteiger partial charge in [0.25, 0.3) is 0 Å². The van der Waals surface area contributed by atoms with Crippen LogP contribution in [0.2, 0.25) is 0 Å². The zero-order valence-electron chi connectivity index (χ0n) is 23.6. The molecule has 4 rings (SSSR count). The summed E-state index contributed by atoms with van der Waals surface area (Å²) < 4.78 is 42.0.